The van der Waals surface area contributed by atoms with Gasteiger partial charge in [0.05, 0.1) is 7.11 Å². The highest BCUT2D eigenvalue weighted by Crippen LogP contribution is 2.18. The number of ether oxygens (including phenoxy) is 1. The summed E-state index contributed by atoms with van der Waals surface area (Å²) in [6.45, 7) is 0. The molecular weight excluding hydrogens is 192 g/mol. The van der Waals surface area contributed by atoms with Crippen LogP contribution in [0.5, 0.6) is 0 Å². The topological polar surface area (TPSA) is 52.3 Å². The van der Waals surface area contributed by atoms with E-state index in [9.17, 15) is 13.6 Å². The fraction of sp³-hybridized carbons (Fsp3) is 0.222. The molecule has 0 fully saturated rings. The summed E-state index contributed by atoms with van der Waals surface area (Å²) in [5.74, 6) is -2.97. The minimum Gasteiger partial charge on any atom is -0.468 e. The standard InChI is InChI=1S/C9H9F2NO2/c1-14-9(13)8(12)5-3-2-4-6(10)7(5)11/h2-4,8H,12H2,1H3. The molecule has 5 heteroatoms. The van der Waals surface area contributed by atoms with Gasteiger partial charge in [0.1, 0.15) is 6.04 Å². The van der Waals surface area contributed by atoms with E-state index in [2.05, 4.69) is 4.74 Å². The van der Waals surface area contributed by atoms with Crippen molar-refractivity contribution in [3.8, 4) is 0 Å². The maximum Gasteiger partial charge on any atom is 0.327 e. The Morgan fingerprint density at radius 2 is 2.14 bits per heavy atom. The number of halogens is 2. The third-order valence-electron chi connectivity index (χ3n) is 1.77. The van der Waals surface area contributed by atoms with Crippen molar-refractivity contribution in [2.75, 3.05) is 7.11 Å². The first-order valence-corrected chi connectivity index (χ1v) is 3.85. The Labute approximate surface area is 79.5 Å². The third kappa shape index (κ3) is 1.88. The highest BCUT2D eigenvalue weighted by Gasteiger charge is 2.21. The van der Waals surface area contributed by atoms with Gasteiger partial charge in [-0.15, -0.1) is 0 Å². The van der Waals surface area contributed by atoms with Gasteiger partial charge in [-0.25, -0.2) is 8.78 Å². The van der Waals surface area contributed by atoms with E-state index in [0.29, 0.717) is 0 Å². The lowest BCUT2D eigenvalue weighted by Gasteiger charge is -2.10. The first-order valence-electron chi connectivity index (χ1n) is 3.85. The molecule has 1 aromatic carbocycles. The van der Waals surface area contributed by atoms with Crippen molar-refractivity contribution in [2.45, 2.75) is 6.04 Å². The Bertz CT molecular complexity index is 355. The number of carbonyl (C=O) groups is 1. The van der Waals surface area contributed by atoms with Crippen molar-refractivity contribution in [3.05, 3.63) is 35.4 Å². The molecule has 0 heterocycles. The Balaban J connectivity index is 3.07. The molecule has 0 aliphatic rings. The number of methoxy groups -OCH3 is 1. The van der Waals surface area contributed by atoms with Gasteiger partial charge in [0, 0.05) is 5.56 Å². The van der Waals surface area contributed by atoms with Crippen molar-refractivity contribution >= 4 is 5.97 Å². The van der Waals surface area contributed by atoms with E-state index in [4.69, 9.17) is 5.73 Å². The quantitative estimate of drug-likeness (QED) is 0.730. The van der Waals surface area contributed by atoms with E-state index >= 15 is 0 Å². The Hall–Kier alpha value is -1.49. The van der Waals surface area contributed by atoms with Gasteiger partial charge < -0.3 is 10.5 Å². The van der Waals surface area contributed by atoms with Crippen LogP contribution in [0.1, 0.15) is 11.6 Å². The lowest BCUT2D eigenvalue weighted by molar-refractivity contribution is -0.142. The van der Waals surface area contributed by atoms with E-state index in [1.807, 2.05) is 0 Å². The zero-order valence-electron chi connectivity index (χ0n) is 7.46. The molecule has 0 aliphatic heterocycles. The van der Waals surface area contributed by atoms with Crippen LogP contribution in [0.2, 0.25) is 0 Å². The SMILES string of the molecule is COC(=O)C(N)c1cccc(F)c1F. The number of hydrogen-bond donors (Lipinski definition) is 1. The van der Waals surface area contributed by atoms with Gasteiger partial charge in [-0.05, 0) is 6.07 Å². The number of nitrogens with two attached hydrogens (primary N) is 1. The molecular formula is C9H9F2NO2. The summed E-state index contributed by atoms with van der Waals surface area (Å²) in [7, 11) is 1.12. The van der Waals surface area contributed by atoms with Gasteiger partial charge in [0.15, 0.2) is 11.6 Å². The van der Waals surface area contributed by atoms with Crippen LogP contribution in [-0.4, -0.2) is 13.1 Å². The fourth-order valence-electron chi connectivity index (χ4n) is 1.01. The number of esters is 1. The summed E-state index contributed by atoms with van der Waals surface area (Å²) >= 11 is 0. The van der Waals surface area contributed by atoms with Crippen molar-refractivity contribution < 1.29 is 18.3 Å². The Kier molecular flexibility index (Phi) is 3.14. The summed E-state index contributed by atoms with van der Waals surface area (Å²) in [6, 6.07) is 2.16. The average Bonchev–Trinajstić information content (AvgIpc) is 2.20. The largest absolute Gasteiger partial charge is 0.468 e. The van der Waals surface area contributed by atoms with Crippen LogP contribution in [0.3, 0.4) is 0 Å². The van der Waals surface area contributed by atoms with E-state index in [1.54, 1.807) is 0 Å². The second-order valence-corrected chi connectivity index (χ2v) is 2.64. The highest BCUT2D eigenvalue weighted by atomic mass is 19.2. The van der Waals surface area contributed by atoms with Crippen LogP contribution >= 0.6 is 0 Å². The maximum atomic E-state index is 13.1. The molecule has 14 heavy (non-hydrogen) atoms. The van der Waals surface area contributed by atoms with Crippen molar-refractivity contribution in [1.29, 1.82) is 0 Å². The van der Waals surface area contributed by atoms with Gasteiger partial charge in [0.25, 0.3) is 0 Å². The fourth-order valence-corrected chi connectivity index (χ4v) is 1.01. The lowest BCUT2D eigenvalue weighted by Crippen LogP contribution is -2.24. The molecule has 0 saturated carbocycles. The molecule has 0 amide bonds. The van der Waals surface area contributed by atoms with Crippen molar-refractivity contribution in [3.63, 3.8) is 0 Å². The highest BCUT2D eigenvalue weighted by molar-refractivity contribution is 5.77. The number of rotatable bonds is 2. The van der Waals surface area contributed by atoms with Gasteiger partial charge in [-0.1, -0.05) is 12.1 Å². The molecule has 1 unspecified atom stereocenters. The second-order valence-electron chi connectivity index (χ2n) is 2.64. The third-order valence-corrected chi connectivity index (χ3v) is 1.77. The molecule has 0 radical (unpaired) electrons. The van der Waals surface area contributed by atoms with Gasteiger partial charge in [0.2, 0.25) is 0 Å². The summed E-state index contributed by atoms with van der Waals surface area (Å²) < 4.78 is 30.1. The molecule has 0 spiro atoms. The smallest absolute Gasteiger partial charge is 0.327 e. The summed E-state index contributed by atoms with van der Waals surface area (Å²) in [5, 5.41) is 0. The molecule has 3 nitrogen and oxygen atoms in total. The Morgan fingerprint density at radius 3 is 2.71 bits per heavy atom. The molecule has 1 aromatic rings. The molecule has 1 atom stereocenters. The predicted molar refractivity (Wildman–Crippen MR) is 45.3 cm³/mol. The molecule has 1 rings (SSSR count). The van der Waals surface area contributed by atoms with E-state index in [0.717, 1.165) is 13.2 Å². The zero-order chi connectivity index (χ0) is 10.7. The number of carbonyl (C=O) groups excluding carboxylic acids is 1. The summed E-state index contributed by atoms with van der Waals surface area (Å²) in [6.07, 6.45) is 0. The molecule has 0 aliphatic carbocycles. The van der Waals surface area contributed by atoms with Crippen LogP contribution in [0, 0.1) is 11.6 Å². The summed E-state index contributed by atoms with van der Waals surface area (Å²) in [4.78, 5) is 10.9. The molecule has 0 aromatic heterocycles. The normalized spacial score (nSPS) is 12.3. The lowest BCUT2D eigenvalue weighted by atomic mass is 10.1. The maximum absolute atomic E-state index is 13.1. The Morgan fingerprint density at radius 1 is 1.50 bits per heavy atom. The molecule has 76 valence electrons. The molecule has 2 N–H and O–H groups in total. The average molecular weight is 201 g/mol. The zero-order valence-corrected chi connectivity index (χ0v) is 7.46. The van der Waals surface area contributed by atoms with E-state index in [-0.39, 0.29) is 5.56 Å². The number of benzene rings is 1. The van der Waals surface area contributed by atoms with Crippen molar-refractivity contribution in [1.82, 2.24) is 0 Å². The van der Waals surface area contributed by atoms with Crippen LogP contribution < -0.4 is 5.73 Å². The number of hydrogen-bond acceptors (Lipinski definition) is 3. The first kappa shape index (κ1) is 10.6. The van der Waals surface area contributed by atoms with Crippen LogP contribution in [0.25, 0.3) is 0 Å². The van der Waals surface area contributed by atoms with Gasteiger partial charge in [-0.3, -0.25) is 4.79 Å². The molecule has 0 saturated heterocycles. The first-order chi connectivity index (χ1) is 6.57. The second kappa shape index (κ2) is 4.15. The van der Waals surface area contributed by atoms with E-state index in [1.165, 1.54) is 12.1 Å². The van der Waals surface area contributed by atoms with Gasteiger partial charge in [-0.2, -0.15) is 0 Å². The van der Waals surface area contributed by atoms with E-state index < -0.39 is 23.6 Å². The van der Waals surface area contributed by atoms with Crippen LogP contribution in [0.4, 0.5) is 8.78 Å². The monoisotopic (exact) mass is 201 g/mol. The molecule has 0 bridgehead atoms. The van der Waals surface area contributed by atoms with Crippen LogP contribution in [0.15, 0.2) is 18.2 Å². The van der Waals surface area contributed by atoms with Gasteiger partial charge >= 0.3 is 5.97 Å². The minimum atomic E-state index is -1.30. The van der Waals surface area contributed by atoms with Crippen molar-refractivity contribution in [2.24, 2.45) is 5.73 Å². The van der Waals surface area contributed by atoms with Crippen LogP contribution in [-0.2, 0) is 9.53 Å². The summed E-state index contributed by atoms with van der Waals surface area (Å²) in [5.41, 5.74) is 5.13. The predicted octanol–water partition coefficient (Wildman–Crippen LogP) is 1.14. The minimum absolute atomic E-state index is 0.211.